The van der Waals surface area contributed by atoms with E-state index < -0.39 is 0 Å². The molecule has 5 heteroatoms. The van der Waals surface area contributed by atoms with Crippen molar-refractivity contribution in [3.05, 3.63) is 10.3 Å². The fraction of sp³-hybridized carbons (Fsp3) is 0.636. The molecule has 0 unspecified atom stereocenters. The number of thiophene rings is 1. The van der Waals surface area contributed by atoms with Gasteiger partial charge in [-0.25, -0.2) is 0 Å². The normalized spacial score (nSPS) is 17.4. The molecule has 0 saturated carbocycles. The smallest absolute Gasteiger partial charge is 0.175 e. The predicted molar refractivity (Wildman–Crippen MR) is 63.5 cm³/mol. The second-order valence-electron chi connectivity index (χ2n) is 3.65. The maximum Gasteiger partial charge on any atom is 0.175 e. The van der Waals surface area contributed by atoms with Gasteiger partial charge in [-0.15, -0.1) is 11.3 Å². The summed E-state index contributed by atoms with van der Waals surface area (Å²) in [5.41, 5.74) is 0. The summed E-state index contributed by atoms with van der Waals surface area (Å²) in [4.78, 5) is 3.60. The van der Waals surface area contributed by atoms with Crippen molar-refractivity contribution in [2.75, 3.05) is 40.5 Å². The zero-order valence-electron chi connectivity index (χ0n) is 9.69. The van der Waals surface area contributed by atoms with Crippen LogP contribution in [0.25, 0.3) is 0 Å². The van der Waals surface area contributed by atoms with E-state index >= 15 is 0 Å². The fourth-order valence-corrected chi connectivity index (χ4v) is 2.80. The average Bonchev–Trinajstić information content (AvgIpc) is 2.72. The first kappa shape index (κ1) is 11.7. The molecule has 1 aromatic heterocycles. The van der Waals surface area contributed by atoms with Crippen LogP contribution in [-0.2, 0) is 11.3 Å². The van der Waals surface area contributed by atoms with Crippen LogP contribution < -0.4 is 9.47 Å². The Labute approximate surface area is 99.7 Å². The molecule has 0 aromatic carbocycles. The fourth-order valence-electron chi connectivity index (χ4n) is 1.80. The monoisotopic (exact) mass is 243 g/mol. The van der Waals surface area contributed by atoms with Crippen LogP contribution in [0.5, 0.6) is 11.5 Å². The van der Waals surface area contributed by atoms with Crippen molar-refractivity contribution in [1.29, 1.82) is 0 Å². The Bertz CT molecular complexity index is 334. The molecule has 0 amide bonds. The second kappa shape index (κ2) is 5.52. The van der Waals surface area contributed by atoms with Gasteiger partial charge in [-0.05, 0) is 0 Å². The highest BCUT2D eigenvalue weighted by atomic mass is 32.1. The van der Waals surface area contributed by atoms with Crippen LogP contribution >= 0.6 is 11.3 Å². The molecule has 0 atom stereocenters. The predicted octanol–water partition coefficient (Wildman–Crippen LogP) is 1.60. The molecule has 1 aliphatic heterocycles. The van der Waals surface area contributed by atoms with Crippen LogP contribution in [0.1, 0.15) is 4.88 Å². The van der Waals surface area contributed by atoms with Gasteiger partial charge in [0.05, 0.1) is 32.3 Å². The van der Waals surface area contributed by atoms with Gasteiger partial charge < -0.3 is 14.2 Å². The second-order valence-corrected chi connectivity index (χ2v) is 4.61. The highest BCUT2D eigenvalue weighted by molar-refractivity contribution is 7.10. The Morgan fingerprint density at radius 2 is 2.06 bits per heavy atom. The van der Waals surface area contributed by atoms with Crippen LogP contribution in [0.4, 0.5) is 0 Å². The number of hydrogen-bond acceptors (Lipinski definition) is 5. The maximum atomic E-state index is 5.38. The first-order valence-electron chi connectivity index (χ1n) is 5.33. The molecule has 90 valence electrons. The Morgan fingerprint density at radius 3 is 2.69 bits per heavy atom. The summed E-state index contributed by atoms with van der Waals surface area (Å²) in [6.07, 6.45) is 0. The molecule has 16 heavy (non-hydrogen) atoms. The van der Waals surface area contributed by atoms with E-state index in [9.17, 15) is 0 Å². The Kier molecular flexibility index (Phi) is 4.04. The molecular weight excluding hydrogens is 226 g/mol. The van der Waals surface area contributed by atoms with Crippen molar-refractivity contribution in [1.82, 2.24) is 4.90 Å². The van der Waals surface area contributed by atoms with E-state index in [4.69, 9.17) is 14.2 Å². The lowest BCUT2D eigenvalue weighted by atomic mass is 10.3. The molecule has 1 aromatic rings. The van der Waals surface area contributed by atoms with Gasteiger partial charge in [0.25, 0.3) is 0 Å². The zero-order valence-corrected chi connectivity index (χ0v) is 10.5. The Hall–Kier alpha value is -0.780. The average molecular weight is 243 g/mol. The van der Waals surface area contributed by atoms with Gasteiger partial charge in [0.2, 0.25) is 0 Å². The van der Waals surface area contributed by atoms with Crippen molar-refractivity contribution in [2.45, 2.75) is 6.54 Å². The molecule has 0 radical (unpaired) electrons. The summed E-state index contributed by atoms with van der Waals surface area (Å²) in [7, 11) is 3.36. The summed E-state index contributed by atoms with van der Waals surface area (Å²) >= 11 is 1.69. The third-order valence-electron chi connectivity index (χ3n) is 2.68. The van der Waals surface area contributed by atoms with Gasteiger partial charge >= 0.3 is 0 Å². The van der Waals surface area contributed by atoms with Gasteiger partial charge in [-0.3, -0.25) is 4.90 Å². The minimum Gasteiger partial charge on any atom is -0.492 e. The third kappa shape index (κ3) is 2.48. The van der Waals surface area contributed by atoms with E-state index in [0.717, 1.165) is 44.3 Å². The minimum absolute atomic E-state index is 0.824. The van der Waals surface area contributed by atoms with Crippen molar-refractivity contribution in [3.63, 3.8) is 0 Å². The van der Waals surface area contributed by atoms with Gasteiger partial charge in [-0.1, -0.05) is 0 Å². The molecule has 0 bridgehead atoms. The lowest BCUT2D eigenvalue weighted by Gasteiger charge is -2.26. The van der Waals surface area contributed by atoms with Crippen molar-refractivity contribution in [3.8, 4) is 11.5 Å². The summed E-state index contributed by atoms with van der Waals surface area (Å²) in [5, 5.41) is 1.99. The zero-order chi connectivity index (χ0) is 11.4. The number of morpholine rings is 1. The number of methoxy groups -OCH3 is 2. The molecule has 4 nitrogen and oxygen atoms in total. The summed E-state index contributed by atoms with van der Waals surface area (Å²) < 4.78 is 16.0. The standard InChI is InChI=1S/C11H17NO3S/c1-13-9-8-16-10(11(9)14-2)7-12-3-5-15-6-4-12/h8H,3-7H2,1-2H3. The SMILES string of the molecule is COc1csc(CN2CCOCC2)c1OC. The van der Waals surface area contributed by atoms with Gasteiger partial charge in [0, 0.05) is 25.0 Å². The van der Waals surface area contributed by atoms with E-state index in [-0.39, 0.29) is 0 Å². The number of ether oxygens (including phenoxy) is 3. The van der Waals surface area contributed by atoms with E-state index in [1.165, 1.54) is 4.88 Å². The molecule has 0 aliphatic carbocycles. The van der Waals surface area contributed by atoms with Crippen molar-refractivity contribution < 1.29 is 14.2 Å². The van der Waals surface area contributed by atoms with E-state index in [1.54, 1.807) is 25.6 Å². The molecule has 1 fully saturated rings. The van der Waals surface area contributed by atoms with E-state index in [1.807, 2.05) is 5.38 Å². The minimum atomic E-state index is 0.824. The number of nitrogens with zero attached hydrogens (tertiary/aromatic N) is 1. The first-order valence-corrected chi connectivity index (χ1v) is 6.21. The lowest BCUT2D eigenvalue weighted by Crippen LogP contribution is -2.35. The summed E-state index contributed by atoms with van der Waals surface area (Å²) in [5.74, 6) is 1.70. The quantitative estimate of drug-likeness (QED) is 0.803. The highest BCUT2D eigenvalue weighted by Crippen LogP contribution is 2.37. The molecule has 2 rings (SSSR count). The number of hydrogen-bond donors (Lipinski definition) is 0. The van der Waals surface area contributed by atoms with Gasteiger partial charge in [-0.2, -0.15) is 0 Å². The van der Waals surface area contributed by atoms with Gasteiger partial charge in [0.15, 0.2) is 11.5 Å². The largest absolute Gasteiger partial charge is 0.492 e. The highest BCUT2D eigenvalue weighted by Gasteiger charge is 2.17. The lowest BCUT2D eigenvalue weighted by molar-refractivity contribution is 0.0343. The Balaban J connectivity index is 2.05. The van der Waals surface area contributed by atoms with Crippen LogP contribution in [0.3, 0.4) is 0 Å². The molecular formula is C11H17NO3S. The van der Waals surface area contributed by atoms with Crippen molar-refractivity contribution >= 4 is 11.3 Å². The summed E-state index contributed by atoms with van der Waals surface area (Å²) in [6.45, 7) is 4.54. The van der Waals surface area contributed by atoms with E-state index in [0.29, 0.717) is 0 Å². The van der Waals surface area contributed by atoms with Crippen LogP contribution in [0.15, 0.2) is 5.38 Å². The summed E-state index contributed by atoms with van der Waals surface area (Å²) in [6, 6.07) is 0. The Morgan fingerprint density at radius 1 is 1.31 bits per heavy atom. The first-order chi connectivity index (χ1) is 7.85. The molecule has 1 aliphatic rings. The van der Waals surface area contributed by atoms with Gasteiger partial charge in [0.1, 0.15) is 0 Å². The number of rotatable bonds is 4. The van der Waals surface area contributed by atoms with Crippen LogP contribution in [0.2, 0.25) is 0 Å². The third-order valence-corrected chi connectivity index (χ3v) is 3.61. The molecule has 1 saturated heterocycles. The van der Waals surface area contributed by atoms with Crippen LogP contribution in [-0.4, -0.2) is 45.4 Å². The molecule has 0 spiro atoms. The van der Waals surface area contributed by atoms with E-state index in [2.05, 4.69) is 4.90 Å². The molecule has 2 heterocycles. The maximum absolute atomic E-state index is 5.38. The topological polar surface area (TPSA) is 30.9 Å². The molecule has 0 N–H and O–H groups in total. The van der Waals surface area contributed by atoms with Crippen LogP contribution in [0, 0.1) is 0 Å². The van der Waals surface area contributed by atoms with Crippen molar-refractivity contribution in [2.24, 2.45) is 0 Å².